The largest absolute Gasteiger partial charge is 0.358 e. The Morgan fingerprint density at radius 3 is 2.59 bits per heavy atom. The lowest BCUT2D eigenvalue weighted by Gasteiger charge is -2.14. The molecule has 5 rings (SSSR count). The third-order valence-corrected chi connectivity index (χ3v) is 7.59. The van der Waals surface area contributed by atoms with Crippen molar-refractivity contribution in [3.05, 3.63) is 76.1 Å². The summed E-state index contributed by atoms with van der Waals surface area (Å²) in [5.41, 5.74) is 8.88. The quantitative estimate of drug-likeness (QED) is 0.365. The highest BCUT2D eigenvalue weighted by atomic mass is 16.2. The molecule has 37 heavy (non-hydrogen) atoms. The van der Waals surface area contributed by atoms with Gasteiger partial charge in [0.1, 0.15) is 0 Å². The summed E-state index contributed by atoms with van der Waals surface area (Å²) in [7, 11) is 0. The maximum absolute atomic E-state index is 13.0. The molecule has 1 saturated heterocycles. The van der Waals surface area contributed by atoms with Crippen LogP contribution in [-0.2, 0) is 4.79 Å². The first-order chi connectivity index (χ1) is 17.8. The van der Waals surface area contributed by atoms with E-state index in [4.69, 9.17) is 0 Å². The fourth-order valence-electron chi connectivity index (χ4n) is 5.42. The number of likely N-dealkylation sites (tertiary alicyclic amines) is 1. The number of aryl methyl sites for hydroxylation is 1. The molecule has 3 N–H and O–H groups in total. The molecule has 0 spiro atoms. The van der Waals surface area contributed by atoms with Gasteiger partial charge in [0, 0.05) is 35.7 Å². The van der Waals surface area contributed by atoms with Crippen molar-refractivity contribution in [1.29, 1.82) is 0 Å². The minimum atomic E-state index is -0.133. The molecule has 2 aliphatic heterocycles. The van der Waals surface area contributed by atoms with E-state index in [0.717, 1.165) is 59.0 Å². The monoisotopic (exact) mass is 496 g/mol. The first-order valence-electron chi connectivity index (χ1n) is 13.3. The first kappa shape index (κ1) is 25.0. The Labute approximate surface area is 219 Å². The van der Waals surface area contributed by atoms with E-state index in [-0.39, 0.29) is 11.8 Å². The zero-order valence-electron chi connectivity index (χ0n) is 22.2. The van der Waals surface area contributed by atoms with Crippen molar-refractivity contribution in [2.45, 2.75) is 46.5 Å². The molecule has 3 aromatic rings. The van der Waals surface area contributed by atoms with Crippen molar-refractivity contribution in [2.24, 2.45) is 0 Å². The molecule has 6 nitrogen and oxygen atoms in total. The smallest absolute Gasteiger partial charge is 0.256 e. The van der Waals surface area contributed by atoms with Crippen LogP contribution in [-0.4, -0.2) is 47.9 Å². The summed E-state index contributed by atoms with van der Waals surface area (Å²) >= 11 is 0. The van der Waals surface area contributed by atoms with Crippen molar-refractivity contribution >= 4 is 29.2 Å². The molecule has 6 heteroatoms. The molecule has 1 aromatic heterocycles. The number of hydrogen-bond acceptors (Lipinski definition) is 3. The third kappa shape index (κ3) is 5.12. The molecular formula is C31H36N4O2. The molecule has 1 fully saturated rings. The number of H-pyrrole nitrogens is 1. The lowest BCUT2D eigenvalue weighted by molar-refractivity contribution is -0.110. The maximum Gasteiger partial charge on any atom is 0.256 e. The number of fused-ring (bicyclic) bond motifs is 1. The number of hydrogen-bond donors (Lipinski definition) is 3. The summed E-state index contributed by atoms with van der Waals surface area (Å²) in [5.74, 6) is 0.249. The van der Waals surface area contributed by atoms with E-state index in [1.807, 2.05) is 32.1 Å². The predicted octanol–water partition coefficient (Wildman–Crippen LogP) is 5.74. The molecule has 192 valence electrons. The minimum Gasteiger partial charge on any atom is -0.358 e. The van der Waals surface area contributed by atoms with E-state index in [1.165, 1.54) is 18.4 Å². The number of rotatable bonds is 7. The van der Waals surface area contributed by atoms with Gasteiger partial charge in [-0.2, -0.15) is 0 Å². The van der Waals surface area contributed by atoms with Gasteiger partial charge in [0.15, 0.2) is 0 Å². The molecule has 0 aliphatic carbocycles. The summed E-state index contributed by atoms with van der Waals surface area (Å²) in [6, 6.07) is 14.7. The second-order valence-electron chi connectivity index (χ2n) is 10.5. The highest BCUT2D eigenvalue weighted by molar-refractivity contribution is 6.35. The van der Waals surface area contributed by atoms with Crippen LogP contribution in [0.4, 0.5) is 5.69 Å². The Balaban J connectivity index is 1.37. The molecule has 3 heterocycles. The lowest BCUT2D eigenvalue weighted by Crippen LogP contribution is -2.33. The maximum atomic E-state index is 13.0. The SMILES string of the molecule is Cc1[nH]c(C=C2C(=O)Nc3cc(-c4cccc(C(C)C)c4)ccc32)c(C)c1C(=O)NCCN1CCCC1. The number of nitrogens with zero attached hydrogens (tertiary/aromatic N) is 1. The van der Waals surface area contributed by atoms with Crippen LogP contribution in [0.1, 0.15) is 71.0 Å². The van der Waals surface area contributed by atoms with Crippen LogP contribution in [0.2, 0.25) is 0 Å². The van der Waals surface area contributed by atoms with Gasteiger partial charge in [0.2, 0.25) is 0 Å². The van der Waals surface area contributed by atoms with Crippen molar-refractivity contribution in [1.82, 2.24) is 15.2 Å². The highest BCUT2D eigenvalue weighted by Gasteiger charge is 2.26. The van der Waals surface area contributed by atoms with E-state index in [2.05, 4.69) is 64.7 Å². The van der Waals surface area contributed by atoms with Crippen molar-refractivity contribution in [2.75, 3.05) is 31.5 Å². The van der Waals surface area contributed by atoms with E-state index < -0.39 is 0 Å². The molecule has 0 saturated carbocycles. The van der Waals surface area contributed by atoms with Gasteiger partial charge < -0.3 is 20.5 Å². The third-order valence-electron chi connectivity index (χ3n) is 7.59. The van der Waals surface area contributed by atoms with Crippen LogP contribution < -0.4 is 10.6 Å². The van der Waals surface area contributed by atoms with Gasteiger partial charge in [0.25, 0.3) is 11.8 Å². The van der Waals surface area contributed by atoms with Gasteiger partial charge in [-0.25, -0.2) is 0 Å². The van der Waals surface area contributed by atoms with Gasteiger partial charge in [-0.05, 0) is 80.1 Å². The van der Waals surface area contributed by atoms with E-state index >= 15 is 0 Å². The van der Waals surface area contributed by atoms with Crippen LogP contribution in [0.15, 0.2) is 42.5 Å². The summed E-state index contributed by atoms with van der Waals surface area (Å²) in [5, 5.41) is 6.10. The normalized spacial score (nSPS) is 16.5. The van der Waals surface area contributed by atoms with Gasteiger partial charge >= 0.3 is 0 Å². The summed E-state index contributed by atoms with van der Waals surface area (Å²) in [6.45, 7) is 12.0. The van der Waals surface area contributed by atoms with E-state index in [0.29, 0.717) is 23.6 Å². The Morgan fingerprint density at radius 1 is 1.08 bits per heavy atom. The molecule has 2 aliphatic rings. The van der Waals surface area contributed by atoms with Gasteiger partial charge in [-0.15, -0.1) is 0 Å². The molecular weight excluding hydrogens is 460 g/mol. The molecule has 0 atom stereocenters. The van der Waals surface area contributed by atoms with Crippen LogP contribution in [0.25, 0.3) is 22.8 Å². The summed E-state index contributed by atoms with van der Waals surface area (Å²) < 4.78 is 0. The second-order valence-corrected chi connectivity index (χ2v) is 10.5. The lowest BCUT2D eigenvalue weighted by atomic mass is 9.95. The minimum absolute atomic E-state index is 0.0698. The summed E-state index contributed by atoms with van der Waals surface area (Å²) in [6.07, 6.45) is 4.35. The Kier molecular flexibility index (Phi) is 7.02. The van der Waals surface area contributed by atoms with Crippen LogP contribution in [0.5, 0.6) is 0 Å². The molecule has 2 amide bonds. The van der Waals surface area contributed by atoms with E-state index in [9.17, 15) is 9.59 Å². The second kappa shape index (κ2) is 10.4. The number of carbonyl (C=O) groups is 2. The van der Waals surface area contributed by atoms with Crippen LogP contribution in [0.3, 0.4) is 0 Å². The van der Waals surface area contributed by atoms with Gasteiger partial charge in [-0.3, -0.25) is 9.59 Å². The molecule has 0 bridgehead atoms. The van der Waals surface area contributed by atoms with Gasteiger partial charge in [0.05, 0.1) is 11.1 Å². The van der Waals surface area contributed by atoms with Crippen molar-refractivity contribution in [3.8, 4) is 11.1 Å². The number of carbonyl (C=O) groups excluding carboxylic acids is 2. The number of aromatic nitrogens is 1. The van der Waals surface area contributed by atoms with Crippen LogP contribution >= 0.6 is 0 Å². The Morgan fingerprint density at radius 2 is 1.84 bits per heavy atom. The number of benzene rings is 2. The molecule has 0 radical (unpaired) electrons. The number of amides is 2. The Hall–Kier alpha value is -3.64. The fraction of sp³-hybridized carbons (Fsp3) is 0.355. The van der Waals surface area contributed by atoms with Crippen LogP contribution in [0, 0.1) is 13.8 Å². The number of nitrogens with one attached hydrogen (secondary N) is 3. The van der Waals surface area contributed by atoms with Crippen molar-refractivity contribution < 1.29 is 9.59 Å². The number of aromatic amines is 1. The fourth-order valence-corrected chi connectivity index (χ4v) is 5.42. The average Bonchev–Trinajstić information content (AvgIpc) is 3.57. The average molecular weight is 497 g/mol. The highest BCUT2D eigenvalue weighted by Crippen LogP contribution is 2.37. The van der Waals surface area contributed by atoms with E-state index in [1.54, 1.807) is 0 Å². The summed E-state index contributed by atoms with van der Waals surface area (Å²) in [4.78, 5) is 31.6. The predicted molar refractivity (Wildman–Crippen MR) is 151 cm³/mol. The van der Waals surface area contributed by atoms with Gasteiger partial charge in [-0.1, -0.05) is 50.2 Å². The Bertz CT molecular complexity index is 1380. The standard InChI is InChI=1S/C31H36N4O2/c1-19(2)22-8-7-9-23(16-22)24-10-11-25-26(30(36)34-28(25)17-24)18-27-20(3)29(21(4)33-27)31(37)32-12-15-35-13-5-6-14-35/h7-11,16-19,33H,5-6,12-15H2,1-4H3,(H,32,37)(H,34,36). The molecule has 0 unspecified atom stereocenters. The number of anilines is 1. The van der Waals surface area contributed by atoms with Crippen molar-refractivity contribution in [3.63, 3.8) is 0 Å². The first-order valence-corrected chi connectivity index (χ1v) is 13.3. The zero-order chi connectivity index (χ0) is 26.1. The topological polar surface area (TPSA) is 77.2 Å². The molecule has 2 aromatic carbocycles. The zero-order valence-corrected chi connectivity index (χ0v) is 22.2.